The van der Waals surface area contributed by atoms with E-state index < -0.39 is 62.2 Å². The van der Waals surface area contributed by atoms with Crippen molar-refractivity contribution in [3.05, 3.63) is 256 Å². The highest BCUT2D eigenvalue weighted by molar-refractivity contribution is 9.10. The van der Waals surface area contributed by atoms with Crippen molar-refractivity contribution in [3.8, 4) is 44.9 Å². The number of H-pyrrole nitrogens is 4. The number of nitrogens with two attached hydrogens (primary N) is 7. The van der Waals surface area contributed by atoms with Crippen molar-refractivity contribution >= 4 is 176 Å². The maximum Gasteiger partial charge on any atom is 0.573 e. The Balaban J connectivity index is 0.000000147. The first-order valence-corrected chi connectivity index (χ1v) is 46.7. The average Bonchev–Trinajstić information content (AvgIpc) is 1.62. The van der Waals surface area contributed by atoms with Crippen molar-refractivity contribution in [1.29, 1.82) is 0 Å². The van der Waals surface area contributed by atoms with Crippen molar-refractivity contribution in [3.63, 3.8) is 0 Å². The number of esters is 3. The molecule has 12 aromatic heterocycles. The number of anilines is 6. The summed E-state index contributed by atoms with van der Waals surface area (Å²) in [7, 11) is 3.59. The quantitative estimate of drug-likeness (QED) is 0.00841. The van der Waals surface area contributed by atoms with E-state index in [1.165, 1.54) is 74.9 Å². The van der Waals surface area contributed by atoms with Gasteiger partial charge in [0, 0.05) is 70.7 Å². The van der Waals surface area contributed by atoms with Crippen molar-refractivity contribution in [1.82, 2.24) is 104 Å². The van der Waals surface area contributed by atoms with Crippen LogP contribution in [-0.4, -0.2) is 212 Å². The van der Waals surface area contributed by atoms with Gasteiger partial charge in [-0.15, -0.1) is 46.7 Å². The van der Waals surface area contributed by atoms with Gasteiger partial charge in [0.05, 0.1) is 125 Å². The predicted molar refractivity (Wildman–Crippen MR) is 552 cm³/mol. The van der Waals surface area contributed by atoms with Crippen LogP contribution in [0.4, 0.5) is 61.5 Å². The van der Waals surface area contributed by atoms with Crippen LogP contribution >= 0.6 is 31.9 Å². The smallest absolute Gasteiger partial charge is 0.478 e. The third-order valence-corrected chi connectivity index (χ3v) is 23.3. The minimum atomic E-state index is -4.86. The van der Waals surface area contributed by atoms with Gasteiger partial charge in [-0.1, -0.05) is 68.3 Å². The Bertz CT molecular complexity index is 8040. The number of pyridine rings is 4. The van der Waals surface area contributed by atoms with E-state index in [2.05, 4.69) is 136 Å². The number of carbonyl (C=O) groups is 5. The number of fused-ring (bicyclic) bond motifs is 8. The summed E-state index contributed by atoms with van der Waals surface area (Å²) < 4.78 is 131. The Morgan fingerprint density at radius 3 is 1.19 bits per heavy atom. The Morgan fingerprint density at radius 2 is 0.787 bits per heavy atom. The molecule has 1 amide bonds. The molecule has 44 nitrogen and oxygen atoms in total. The lowest BCUT2D eigenvalue weighted by Gasteiger charge is -2.32. The predicted octanol–water partition coefficient (Wildman–Crippen LogP) is 15.5. The van der Waals surface area contributed by atoms with Crippen LogP contribution in [0.2, 0.25) is 0 Å². The van der Waals surface area contributed by atoms with E-state index in [0.717, 1.165) is 48.8 Å². The second-order valence-corrected chi connectivity index (χ2v) is 35.0. The molecule has 53 heteroatoms. The number of rotatable bonds is 20. The summed E-state index contributed by atoms with van der Waals surface area (Å²) in [5, 5.41) is 28.2. The molecular formula is C97H99BBr2F6N28O16. The molecule has 20 N–H and O–H groups in total. The van der Waals surface area contributed by atoms with Crippen LogP contribution in [-0.2, 0) is 37.7 Å². The number of imidazole rings is 4. The van der Waals surface area contributed by atoms with Gasteiger partial charge in [0.15, 0.2) is 22.6 Å². The number of alkyl halides is 6. The number of benzene rings is 7. The highest BCUT2D eigenvalue weighted by Gasteiger charge is 2.52. The number of aromatic carboxylic acids is 1. The van der Waals surface area contributed by atoms with Gasteiger partial charge in [-0.05, 0) is 222 Å². The van der Waals surface area contributed by atoms with Crippen LogP contribution in [0.1, 0.15) is 137 Å². The summed E-state index contributed by atoms with van der Waals surface area (Å²) in [4.78, 5) is 104. The van der Waals surface area contributed by atoms with Gasteiger partial charge >= 0.3 is 43.7 Å². The van der Waals surface area contributed by atoms with Gasteiger partial charge in [-0.2, -0.15) is 19.9 Å². The number of ether oxygens (including phenoxy) is 8. The number of nitrogen functional groups attached to an aromatic ring is 6. The molecule has 0 bridgehead atoms. The Labute approximate surface area is 864 Å². The zero-order valence-electron chi connectivity index (χ0n) is 81.9. The number of nitrogens with one attached hydrogen (secondary N) is 5. The van der Waals surface area contributed by atoms with Gasteiger partial charge < -0.3 is 118 Å². The molecule has 2 atom stereocenters. The average molecular weight is 2200 g/mol. The van der Waals surface area contributed by atoms with E-state index in [4.69, 9.17) is 68.4 Å². The summed E-state index contributed by atoms with van der Waals surface area (Å²) in [6.07, 6.45) is 3.49. The minimum absolute atomic E-state index is 0.134. The molecule has 0 radical (unpaired) electrons. The topological polar surface area (TPSA) is 628 Å². The molecule has 782 valence electrons. The first-order valence-electron chi connectivity index (χ1n) is 45.1. The Kier molecular flexibility index (Phi) is 35.0. The summed E-state index contributed by atoms with van der Waals surface area (Å²) >= 11 is 6.51. The number of amides is 1. The zero-order chi connectivity index (χ0) is 109. The fraction of sp³-hybridized carbons (Fsp3) is 0.227. The van der Waals surface area contributed by atoms with Crippen LogP contribution in [0.5, 0.6) is 11.5 Å². The normalized spacial score (nSPS) is 12.8. The molecule has 1 aliphatic heterocycles. The largest absolute Gasteiger partial charge is 0.573 e. The molecule has 13 heterocycles. The lowest BCUT2D eigenvalue weighted by molar-refractivity contribution is -0.282. The molecule has 0 spiro atoms. The van der Waals surface area contributed by atoms with Gasteiger partial charge in [0.1, 0.15) is 33.6 Å². The highest BCUT2D eigenvalue weighted by Crippen LogP contribution is 2.39. The molecular weight excluding hydrogens is 2100 g/mol. The zero-order valence-corrected chi connectivity index (χ0v) is 85.0. The Hall–Kier alpha value is -17.0. The second-order valence-electron chi connectivity index (χ2n) is 33.2. The van der Waals surface area contributed by atoms with Crippen molar-refractivity contribution in [2.75, 3.05) is 75.6 Å². The molecule has 20 rings (SSSR count). The maximum absolute atomic E-state index is 13.3. The van der Waals surface area contributed by atoms with E-state index in [1.807, 2.05) is 103 Å². The van der Waals surface area contributed by atoms with Crippen molar-refractivity contribution in [2.45, 2.75) is 105 Å². The summed E-state index contributed by atoms with van der Waals surface area (Å²) in [6, 6.07) is 42.3. The fourth-order valence-electron chi connectivity index (χ4n) is 14.8. The number of aromatic amines is 4. The van der Waals surface area contributed by atoms with Crippen LogP contribution in [0.3, 0.4) is 0 Å². The summed E-state index contributed by atoms with van der Waals surface area (Å²) in [5.41, 5.74) is 54.0. The van der Waals surface area contributed by atoms with E-state index in [0.29, 0.717) is 108 Å². The molecule has 7 aromatic carbocycles. The number of hydrogen-bond donors (Lipinski definition) is 13. The monoisotopic (exact) mass is 2190 g/mol. The first-order chi connectivity index (χ1) is 71.2. The first kappa shape index (κ1) is 110. The molecule has 0 aliphatic carbocycles. The van der Waals surface area contributed by atoms with Crippen LogP contribution in [0.15, 0.2) is 217 Å². The molecule has 1 saturated heterocycles. The second kappa shape index (κ2) is 47.7. The number of carbonyl (C=O) groups excluding carboxylic acids is 4. The van der Waals surface area contributed by atoms with Gasteiger partial charge in [0.2, 0.25) is 23.8 Å². The number of methoxy groups -OCH3 is 3. The number of halogens is 8. The highest BCUT2D eigenvalue weighted by atomic mass is 79.9. The summed E-state index contributed by atoms with van der Waals surface area (Å²) in [6.45, 7) is 18.4. The van der Waals surface area contributed by atoms with Crippen molar-refractivity contribution in [2.24, 2.45) is 5.73 Å². The van der Waals surface area contributed by atoms with Gasteiger partial charge in [0.25, 0.3) is 12.4 Å². The van der Waals surface area contributed by atoms with E-state index in [-0.39, 0.29) is 80.4 Å². The lowest BCUT2D eigenvalue weighted by atomic mass is 9.80. The molecule has 2 unspecified atom stereocenters. The lowest BCUT2D eigenvalue weighted by Crippen LogP contribution is -2.41. The number of carboxylic acids is 1. The molecule has 19 aromatic rings. The molecule has 150 heavy (non-hydrogen) atoms. The molecule has 1 aliphatic rings. The van der Waals surface area contributed by atoms with Gasteiger partial charge in [-0.3, -0.25) is 4.79 Å². The molecule has 1 fully saturated rings. The van der Waals surface area contributed by atoms with E-state index in [9.17, 15) is 55.4 Å². The number of carboxylic acid groups (broad SMARTS) is 1. The van der Waals surface area contributed by atoms with E-state index >= 15 is 0 Å². The fourth-order valence-corrected chi connectivity index (χ4v) is 15.7. The minimum Gasteiger partial charge on any atom is -0.478 e. The van der Waals surface area contributed by atoms with E-state index in [1.54, 1.807) is 132 Å². The Morgan fingerprint density at radius 1 is 0.447 bits per heavy atom. The van der Waals surface area contributed by atoms with Crippen LogP contribution in [0.25, 0.3) is 100 Å². The van der Waals surface area contributed by atoms with Crippen LogP contribution in [0, 0.1) is 0 Å². The number of hydrogen-bond acceptors (Lipinski definition) is 34. The number of para-hydroxylation sites is 2. The number of aromatic nitrogens is 20. The third-order valence-electron chi connectivity index (χ3n) is 22.4. The van der Waals surface area contributed by atoms with Crippen LogP contribution < -0.4 is 60.4 Å². The summed E-state index contributed by atoms with van der Waals surface area (Å²) in [5.74, 6) is -2.68. The van der Waals surface area contributed by atoms with Crippen molar-refractivity contribution < 1.29 is 103 Å². The number of nitrogens with zero attached hydrogens (tertiary/aromatic N) is 16. The molecule has 0 saturated carbocycles. The maximum atomic E-state index is 13.3. The SMILES string of the molecule is CC(N)c1ccccc1OC(F)(F)F.CC(NC(=O)c1cc(-c2ccn3nc(N)nc3c2)cc2[nH]cnc12)c1ccccc1OC(F)(F)F.CC1(C)OB(c2ccn3nc(N)nc3c2)OC1(C)C.CCOC(OCC)OCC.COC(=O)c1cc(-c2ccn3nc(N)nc3c2)cc2[nH]cnc12.COC(=O)c1cc(Br)cc(N)c1N.COC(=O)c1cc(Br)cc2[nH]cnc12.Nc1nc2cc(-c3cc(C(=O)O)c4nc[nH]c4c3)ccn2n1. The third kappa shape index (κ3) is 27.3. The van der Waals surface area contributed by atoms with Gasteiger partial charge in [-0.25, -0.2) is 57.2 Å². The standard InChI is InChI=1S/C23H18F3N7O2.C15H12N6O2.C14H10N6O2.C12H17BN4O2.C9H7BrN2O2.C9H10F3NO.C8H9BrN2O2.C7H16O3/c1-12(15-4-2-3-5-18(15)35-23(24,25)26)30-21(34)16-8-14(9-17-20(16)29-11-28-17)13-6-7-33-19(10-13)31-22(27)32-33;1-23-14(22)10-4-9(5-11-13(10)18-7-17-11)8-2-3-21-12(6-8)19-15(16)20-21;15-14-18-11-5-7(1-2-20(11)19-14)8-3-9(13(21)22)12-10(4-8)16-6-17-12;1-11(2)12(3,4)19-13(18-11)8-5-6-17-9(7-8)15-10(14)16-17;1-14-9(13)6-2-5(10)3-7-8(6)12-4-11-7;1-6(13)7-4-2-3-5-8(7)14-9(10,11)12;1-13-8(12)5-2-4(9)3-6(10)7(5)11;1-4-8-7(9-5-2)10-6-3/h2-12H,1H3,(H2,27,32)(H,28,29)(H,30,34);2-7H,1H3,(H2,16,20)(H,17,18);1-6H,(H2,15,19)(H,16,17)(H,21,22);5-7H,1-4H3,(H2,14,16);2-4H,1H3,(H,11,12);2-6H,13H2,1H3;2-3H,10-11H2,1H3;7H,4-6H2,1-3H3.